The van der Waals surface area contributed by atoms with Crippen LogP contribution < -0.4 is 5.32 Å². The Morgan fingerprint density at radius 3 is 1.89 bits per heavy atom. The van der Waals surface area contributed by atoms with Crippen molar-refractivity contribution in [2.24, 2.45) is 5.92 Å². The van der Waals surface area contributed by atoms with Crippen molar-refractivity contribution in [3.63, 3.8) is 0 Å². The summed E-state index contributed by atoms with van der Waals surface area (Å²) in [5.74, 6) is 0.413. The first-order valence-electron chi connectivity index (χ1n) is 10.3. The van der Waals surface area contributed by atoms with Crippen LogP contribution in [-0.4, -0.2) is 34.6 Å². The Morgan fingerprint density at radius 2 is 1.46 bits per heavy atom. The van der Waals surface area contributed by atoms with Gasteiger partial charge in [-0.25, -0.2) is 0 Å². The summed E-state index contributed by atoms with van der Waals surface area (Å²) in [5.41, 5.74) is 2.44. The topological polar surface area (TPSA) is 52.6 Å². The van der Waals surface area contributed by atoms with E-state index in [4.69, 9.17) is 0 Å². The van der Waals surface area contributed by atoms with E-state index in [1.54, 1.807) is 0 Å². The predicted octanol–water partition coefficient (Wildman–Crippen LogP) is 3.99. The van der Waals surface area contributed by atoms with E-state index in [0.717, 1.165) is 19.5 Å². The van der Waals surface area contributed by atoms with Gasteiger partial charge in [-0.05, 0) is 23.5 Å². The van der Waals surface area contributed by atoms with Gasteiger partial charge < -0.3 is 10.4 Å². The number of nitrogens with zero attached hydrogens (tertiary/aromatic N) is 1. The van der Waals surface area contributed by atoms with Gasteiger partial charge in [0.25, 0.3) is 0 Å². The number of carbonyl (C=O) groups is 1. The Bertz CT molecular complexity index is 647. The van der Waals surface area contributed by atoms with Gasteiger partial charge in [-0.15, -0.1) is 0 Å². The van der Waals surface area contributed by atoms with Crippen molar-refractivity contribution in [1.82, 2.24) is 10.2 Å². The lowest BCUT2D eigenvalue weighted by atomic mass is 9.96. The van der Waals surface area contributed by atoms with Crippen molar-refractivity contribution in [2.75, 3.05) is 6.54 Å². The highest BCUT2D eigenvalue weighted by Gasteiger charge is 2.27. The highest BCUT2D eigenvalue weighted by molar-refractivity contribution is 5.75. The number of aliphatic hydroxyl groups excluding tert-OH is 1. The quantitative estimate of drug-likeness (QED) is 0.618. The summed E-state index contributed by atoms with van der Waals surface area (Å²) in [7, 11) is 0. The molecule has 0 heterocycles. The summed E-state index contributed by atoms with van der Waals surface area (Å²) < 4.78 is 0. The normalized spacial score (nSPS) is 13.5. The largest absolute Gasteiger partial charge is 0.390 e. The number of rotatable bonds is 11. The van der Waals surface area contributed by atoms with E-state index in [1.165, 1.54) is 11.1 Å². The van der Waals surface area contributed by atoms with E-state index >= 15 is 0 Å². The second-order valence-corrected chi connectivity index (χ2v) is 7.80. The summed E-state index contributed by atoms with van der Waals surface area (Å²) in [5, 5.41) is 13.8. The van der Waals surface area contributed by atoms with Crippen molar-refractivity contribution in [2.45, 2.75) is 58.8 Å². The lowest BCUT2D eigenvalue weighted by Gasteiger charge is -2.36. The smallest absolute Gasteiger partial charge is 0.219 e. The van der Waals surface area contributed by atoms with Crippen molar-refractivity contribution >= 4 is 5.91 Å². The molecule has 2 N–H and O–H groups in total. The molecule has 0 saturated heterocycles. The average Bonchev–Trinajstić information content (AvgIpc) is 2.71. The molecule has 2 aromatic rings. The first-order valence-corrected chi connectivity index (χ1v) is 10.3. The van der Waals surface area contributed by atoms with Crippen molar-refractivity contribution in [3.8, 4) is 0 Å². The molecule has 4 nitrogen and oxygen atoms in total. The average molecular weight is 383 g/mol. The molecule has 4 heteroatoms. The van der Waals surface area contributed by atoms with Gasteiger partial charge >= 0.3 is 0 Å². The van der Waals surface area contributed by atoms with E-state index < -0.39 is 6.10 Å². The molecule has 2 atom stereocenters. The fraction of sp³-hybridized carbons (Fsp3) is 0.458. The fourth-order valence-electron chi connectivity index (χ4n) is 3.44. The number of aliphatic hydroxyl groups is 1. The van der Waals surface area contributed by atoms with Crippen LogP contribution in [0.3, 0.4) is 0 Å². The van der Waals surface area contributed by atoms with Crippen molar-refractivity contribution in [3.05, 3.63) is 71.8 Å². The molecular weight excluding hydrogens is 348 g/mol. The van der Waals surface area contributed by atoms with Gasteiger partial charge in [0, 0.05) is 32.1 Å². The molecular formula is C24H34N2O2. The van der Waals surface area contributed by atoms with Gasteiger partial charge in [-0.1, -0.05) is 81.4 Å². The third kappa shape index (κ3) is 7.45. The van der Waals surface area contributed by atoms with E-state index in [9.17, 15) is 9.90 Å². The summed E-state index contributed by atoms with van der Waals surface area (Å²) in [4.78, 5) is 14.0. The number of benzene rings is 2. The van der Waals surface area contributed by atoms with Crippen LogP contribution in [0.4, 0.5) is 0 Å². The summed E-state index contributed by atoms with van der Waals surface area (Å²) in [6.07, 6.45) is 0.674. The fourth-order valence-corrected chi connectivity index (χ4v) is 3.44. The number of hydrogen-bond donors (Lipinski definition) is 2. The maximum Gasteiger partial charge on any atom is 0.219 e. The molecule has 2 aromatic carbocycles. The molecule has 0 radical (unpaired) electrons. The highest BCUT2D eigenvalue weighted by Crippen LogP contribution is 2.21. The third-order valence-electron chi connectivity index (χ3n) is 4.91. The van der Waals surface area contributed by atoms with Crippen LogP contribution in [0.15, 0.2) is 60.7 Å². The van der Waals surface area contributed by atoms with Crippen molar-refractivity contribution in [1.29, 1.82) is 0 Å². The van der Waals surface area contributed by atoms with E-state index in [1.807, 2.05) is 43.3 Å². The Labute approximate surface area is 169 Å². The van der Waals surface area contributed by atoms with Crippen LogP contribution in [0.5, 0.6) is 0 Å². The van der Waals surface area contributed by atoms with Crippen LogP contribution in [0.25, 0.3) is 0 Å². The molecule has 0 spiro atoms. The Balaban J connectivity index is 2.23. The van der Waals surface area contributed by atoms with Gasteiger partial charge in [-0.3, -0.25) is 9.69 Å². The maximum absolute atomic E-state index is 11.7. The summed E-state index contributed by atoms with van der Waals surface area (Å²) >= 11 is 0. The zero-order chi connectivity index (χ0) is 20.4. The number of nitrogens with one attached hydrogen (secondary N) is 1. The van der Waals surface area contributed by atoms with Crippen LogP contribution >= 0.6 is 0 Å². The zero-order valence-electron chi connectivity index (χ0n) is 17.3. The molecule has 0 aliphatic rings. The van der Waals surface area contributed by atoms with Crippen molar-refractivity contribution < 1.29 is 9.90 Å². The monoisotopic (exact) mass is 382 g/mol. The Hall–Kier alpha value is -2.17. The second kappa shape index (κ2) is 11.6. The highest BCUT2D eigenvalue weighted by atomic mass is 16.3. The first-order chi connectivity index (χ1) is 13.5. The Kier molecular flexibility index (Phi) is 9.18. The van der Waals surface area contributed by atoms with Crippen LogP contribution in [-0.2, 0) is 17.9 Å². The lowest BCUT2D eigenvalue weighted by molar-refractivity contribution is -0.121. The minimum absolute atomic E-state index is 0.0278. The second-order valence-electron chi connectivity index (χ2n) is 7.80. The minimum Gasteiger partial charge on any atom is -0.390 e. The molecule has 0 bridgehead atoms. The standard InChI is InChI=1S/C24H34N2O2/c1-4-24(28)25-16-23(27)22(15-19(2)3)26(17-20-11-7-5-8-12-20)18-21-13-9-6-10-14-21/h5-14,19,22-23,27H,4,15-18H2,1-3H3,(H,25,28)/t22-,23-/m0/s1. The summed E-state index contributed by atoms with van der Waals surface area (Å²) in [6, 6.07) is 20.7. The van der Waals surface area contributed by atoms with Gasteiger partial charge in [0.1, 0.15) is 0 Å². The number of amides is 1. The van der Waals surface area contributed by atoms with Gasteiger partial charge in [0.05, 0.1) is 6.10 Å². The third-order valence-corrected chi connectivity index (χ3v) is 4.91. The Morgan fingerprint density at radius 1 is 0.964 bits per heavy atom. The molecule has 0 aromatic heterocycles. The number of hydrogen-bond acceptors (Lipinski definition) is 3. The molecule has 0 fully saturated rings. The predicted molar refractivity (Wildman–Crippen MR) is 115 cm³/mol. The van der Waals surface area contributed by atoms with E-state index in [-0.39, 0.29) is 18.5 Å². The van der Waals surface area contributed by atoms with Gasteiger partial charge in [0.2, 0.25) is 5.91 Å². The molecule has 2 rings (SSSR count). The van der Waals surface area contributed by atoms with E-state index in [2.05, 4.69) is 48.3 Å². The molecule has 0 unspecified atom stereocenters. The molecule has 28 heavy (non-hydrogen) atoms. The minimum atomic E-state index is -0.620. The maximum atomic E-state index is 11.7. The van der Waals surface area contributed by atoms with E-state index in [0.29, 0.717) is 12.3 Å². The molecule has 1 amide bonds. The van der Waals surface area contributed by atoms with Gasteiger partial charge in [0.15, 0.2) is 0 Å². The molecule has 0 saturated carbocycles. The zero-order valence-corrected chi connectivity index (χ0v) is 17.3. The van der Waals surface area contributed by atoms with Crippen LogP contribution in [0.2, 0.25) is 0 Å². The first kappa shape index (κ1) is 22.1. The summed E-state index contributed by atoms with van der Waals surface area (Å²) in [6.45, 7) is 7.97. The van der Waals surface area contributed by atoms with Crippen LogP contribution in [0, 0.1) is 5.92 Å². The molecule has 0 aliphatic heterocycles. The molecule has 0 aliphatic carbocycles. The molecule has 152 valence electrons. The lowest BCUT2D eigenvalue weighted by Crippen LogP contribution is -2.48. The SMILES string of the molecule is CCC(=O)NC[C@H](O)[C@H](CC(C)C)N(Cc1ccccc1)Cc1ccccc1. The number of carbonyl (C=O) groups excluding carboxylic acids is 1. The van der Waals surface area contributed by atoms with Crippen LogP contribution in [0.1, 0.15) is 44.7 Å². The van der Waals surface area contributed by atoms with Gasteiger partial charge in [-0.2, -0.15) is 0 Å².